The van der Waals surface area contributed by atoms with Crippen LogP contribution in [0, 0.1) is 11.8 Å². The molecule has 3 unspecified atom stereocenters. The fraction of sp³-hybridized carbons (Fsp3) is 0.259. The quantitative estimate of drug-likeness (QED) is 0.451. The van der Waals surface area contributed by atoms with Crippen molar-refractivity contribution < 1.29 is 0 Å². The van der Waals surface area contributed by atoms with E-state index in [1.54, 1.807) is 0 Å². The highest BCUT2D eigenvalue weighted by molar-refractivity contribution is 5.98. The van der Waals surface area contributed by atoms with Crippen molar-refractivity contribution in [2.45, 2.75) is 32.1 Å². The predicted molar refractivity (Wildman–Crippen MR) is 119 cm³/mol. The van der Waals surface area contributed by atoms with Crippen LogP contribution in [0.2, 0.25) is 0 Å². The van der Waals surface area contributed by atoms with Crippen molar-refractivity contribution in [2.75, 3.05) is 0 Å². The summed E-state index contributed by atoms with van der Waals surface area (Å²) in [6.45, 7) is 11.0. The van der Waals surface area contributed by atoms with Gasteiger partial charge in [0.2, 0.25) is 0 Å². The summed E-state index contributed by atoms with van der Waals surface area (Å²) in [5.74, 6) is 1.76. The van der Waals surface area contributed by atoms with Gasteiger partial charge in [-0.25, -0.2) is 0 Å². The van der Waals surface area contributed by atoms with Gasteiger partial charge in [0.05, 0.1) is 0 Å². The molecular weight excluding hydrogens is 324 g/mol. The molecule has 0 aromatic heterocycles. The maximum Gasteiger partial charge on any atom is -0.0103 e. The first-order chi connectivity index (χ1) is 13.2. The fourth-order valence-electron chi connectivity index (χ4n) is 5.01. The number of rotatable bonds is 4. The zero-order valence-corrected chi connectivity index (χ0v) is 16.2. The Bertz CT molecular complexity index is 964. The second kappa shape index (κ2) is 7.56. The lowest BCUT2D eigenvalue weighted by molar-refractivity contribution is 0.271. The molecule has 27 heavy (non-hydrogen) atoms. The fourth-order valence-corrected chi connectivity index (χ4v) is 5.01. The maximum absolute atomic E-state index is 4.61. The van der Waals surface area contributed by atoms with E-state index in [0.717, 1.165) is 0 Å². The molecule has 0 radical (unpaired) electrons. The zero-order valence-electron chi connectivity index (χ0n) is 16.2. The zero-order chi connectivity index (χ0) is 18.8. The summed E-state index contributed by atoms with van der Waals surface area (Å²) < 4.78 is 0. The van der Waals surface area contributed by atoms with Crippen LogP contribution in [0.1, 0.15) is 48.8 Å². The number of fused-ring (bicyclic) bond motifs is 1. The van der Waals surface area contributed by atoms with Crippen LogP contribution in [0.25, 0.3) is 22.4 Å². The summed E-state index contributed by atoms with van der Waals surface area (Å²) in [6, 6.07) is 24.1. The molecule has 0 heteroatoms. The highest BCUT2D eigenvalue weighted by atomic mass is 14.4. The molecule has 0 aliphatic heterocycles. The Labute approximate surface area is 163 Å². The molecular formula is C27H28. The van der Waals surface area contributed by atoms with Crippen LogP contribution in [-0.4, -0.2) is 0 Å². The third-order valence-electron chi connectivity index (χ3n) is 6.50. The highest BCUT2D eigenvalue weighted by Crippen LogP contribution is 2.47. The van der Waals surface area contributed by atoms with Gasteiger partial charge in [0, 0.05) is 0 Å². The van der Waals surface area contributed by atoms with Gasteiger partial charge in [0.25, 0.3) is 0 Å². The minimum Gasteiger partial charge on any atom is -0.0984 e. The molecule has 1 fully saturated rings. The summed E-state index contributed by atoms with van der Waals surface area (Å²) in [5, 5.41) is 2.57. The molecule has 1 aliphatic rings. The van der Waals surface area contributed by atoms with E-state index in [4.69, 9.17) is 0 Å². The van der Waals surface area contributed by atoms with E-state index in [1.807, 2.05) is 6.08 Å². The van der Waals surface area contributed by atoms with Gasteiger partial charge in [-0.1, -0.05) is 99.3 Å². The van der Waals surface area contributed by atoms with E-state index in [9.17, 15) is 0 Å². The molecule has 3 aromatic carbocycles. The molecule has 0 N–H and O–H groups in total. The second-order valence-electron chi connectivity index (χ2n) is 7.89. The van der Waals surface area contributed by atoms with Gasteiger partial charge in [0.15, 0.2) is 0 Å². The molecule has 136 valence electrons. The molecule has 1 aliphatic carbocycles. The van der Waals surface area contributed by atoms with Gasteiger partial charge in [-0.3, -0.25) is 0 Å². The minimum atomic E-state index is 0.530. The van der Waals surface area contributed by atoms with Crippen LogP contribution in [0.3, 0.4) is 0 Å². The van der Waals surface area contributed by atoms with E-state index in [-0.39, 0.29) is 0 Å². The SMILES string of the molecule is C=Cc1ccc(C(=C)C2CCCC(c3ccccc3)C2C)c2ccccc12. The van der Waals surface area contributed by atoms with Crippen molar-refractivity contribution in [3.8, 4) is 0 Å². The van der Waals surface area contributed by atoms with Crippen molar-refractivity contribution in [1.29, 1.82) is 0 Å². The summed E-state index contributed by atoms with van der Waals surface area (Å²) in [6.07, 6.45) is 5.74. The van der Waals surface area contributed by atoms with Gasteiger partial charge < -0.3 is 0 Å². The first-order valence-electron chi connectivity index (χ1n) is 10.1. The highest BCUT2D eigenvalue weighted by Gasteiger charge is 2.33. The minimum absolute atomic E-state index is 0.530. The van der Waals surface area contributed by atoms with Crippen LogP contribution >= 0.6 is 0 Å². The third-order valence-corrected chi connectivity index (χ3v) is 6.50. The largest absolute Gasteiger partial charge is 0.0984 e. The van der Waals surface area contributed by atoms with Crippen LogP contribution in [0.4, 0.5) is 0 Å². The average molecular weight is 353 g/mol. The van der Waals surface area contributed by atoms with Crippen molar-refractivity contribution in [3.63, 3.8) is 0 Å². The summed E-state index contributed by atoms with van der Waals surface area (Å²) >= 11 is 0. The molecule has 3 aromatic rings. The predicted octanol–water partition coefficient (Wildman–Crippen LogP) is 7.72. The Morgan fingerprint density at radius 2 is 1.59 bits per heavy atom. The van der Waals surface area contributed by atoms with E-state index in [2.05, 4.69) is 86.8 Å². The standard InChI is InChI=1S/C27H28/c1-4-21-17-18-25(27-14-9-8-13-26(21)27)20(3)23-15-10-16-24(19(23)2)22-11-6-5-7-12-22/h4-9,11-14,17-19,23-24H,1,3,10,15-16H2,2H3. The second-order valence-corrected chi connectivity index (χ2v) is 7.89. The van der Waals surface area contributed by atoms with Crippen LogP contribution in [0.15, 0.2) is 79.9 Å². The lowest BCUT2D eigenvalue weighted by Crippen LogP contribution is -2.25. The number of allylic oxidation sites excluding steroid dienone is 1. The van der Waals surface area contributed by atoms with Gasteiger partial charge >= 0.3 is 0 Å². The Hall–Kier alpha value is -2.60. The topological polar surface area (TPSA) is 0 Å². The summed E-state index contributed by atoms with van der Waals surface area (Å²) in [4.78, 5) is 0. The lowest BCUT2D eigenvalue weighted by atomic mass is 9.67. The monoisotopic (exact) mass is 352 g/mol. The van der Waals surface area contributed by atoms with Gasteiger partial charge in [-0.2, -0.15) is 0 Å². The third kappa shape index (κ3) is 3.25. The van der Waals surface area contributed by atoms with E-state index in [0.29, 0.717) is 17.8 Å². The van der Waals surface area contributed by atoms with Crippen LogP contribution in [0.5, 0.6) is 0 Å². The van der Waals surface area contributed by atoms with Gasteiger partial charge in [0.1, 0.15) is 0 Å². The van der Waals surface area contributed by atoms with E-state index < -0.39 is 0 Å². The maximum atomic E-state index is 4.61. The molecule has 0 saturated heterocycles. The smallest absolute Gasteiger partial charge is 0.0103 e. The van der Waals surface area contributed by atoms with Crippen LogP contribution in [-0.2, 0) is 0 Å². The van der Waals surface area contributed by atoms with E-state index in [1.165, 1.54) is 52.3 Å². The summed E-state index contributed by atoms with van der Waals surface area (Å²) in [7, 11) is 0. The Balaban J connectivity index is 1.70. The van der Waals surface area contributed by atoms with Crippen molar-refractivity contribution in [2.24, 2.45) is 11.8 Å². The number of hydrogen-bond acceptors (Lipinski definition) is 0. The van der Waals surface area contributed by atoms with Crippen molar-refractivity contribution in [1.82, 2.24) is 0 Å². The number of hydrogen-bond donors (Lipinski definition) is 0. The molecule has 3 atom stereocenters. The Morgan fingerprint density at radius 1 is 0.889 bits per heavy atom. The molecule has 4 rings (SSSR count). The Kier molecular flexibility index (Phi) is 4.99. The van der Waals surface area contributed by atoms with Gasteiger partial charge in [-0.05, 0) is 63.6 Å². The molecule has 0 amide bonds. The molecule has 0 bridgehead atoms. The normalized spacial score (nSPS) is 22.5. The average Bonchev–Trinajstić information content (AvgIpc) is 2.73. The molecule has 0 nitrogen and oxygen atoms in total. The molecule has 0 spiro atoms. The number of benzene rings is 3. The van der Waals surface area contributed by atoms with Crippen molar-refractivity contribution >= 4 is 22.4 Å². The lowest BCUT2D eigenvalue weighted by Gasteiger charge is -2.38. The molecule has 1 saturated carbocycles. The Morgan fingerprint density at radius 3 is 2.33 bits per heavy atom. The van der Waals surface area contributed by atoms with Crippen LogP contribution < -0.4 is 0 Å². The van der Waals surface area contributed by atoms with Gasteiger partial charge in [-0.15, -0.1) is 0 Å². The first kappa shape index (κ1) is 17.8. The molecule has 0 heterocycles. The van der Waals surface area contributed by atoms with E-state index >= 15 is 0 Å². The first-order valence-corrected chi connectivity index (χ1v) is 10.1. The summed E-state index contributed by atoms with van der Waals surface area (Å²) in [5.41, 5.74) is 5.28. The van der Waals surface area contributed by atoms with Crippen molar-refractivity contribution in [3.05, 3.63) is 96.6 Å².